The van der Waals surface area contributed by atoms with E-state index in [2.05, 4.69) is 20.9 Å². The van der Waals surface area contributed by atoms with Crippen LogP contribution in [0.15, 0.2) is 16.7 Å². The highest BCUT2D eigenvalue weighted by Crippen LogP contribution is 2.25. The molecule has 0 radical (unpaired) electrons. The van der Waals surface area contributed by atoms with Crippen LogP contribution >= 0.6 is 15.9 Å². The zero-order chi connectivity index (χ0) is 8.97. The fourth-order valence-corrected chi connectivity index (χ4v) is 0.989. The normalized spacial score (nSPS) is 9.83. The number of halogens is 1. The minimum atomic E-state index is -0.100. The van der Waals surface area contributed by atoms with Crippen molar-refractivity contribution < 1.29 is 14.9 Å². The molecule has 1 aromatic heterocycles. The van der Waals surface area contributed by atoms with E-state index in [1.807, 2.05) is 0 Å². The van der Waals surface area contributed by atoms with Gasteiger partial charge < -0.3 is 14.9 Å². The lowest BCUT2D eigenvalue weighted by Gasteiger charge is -2.04. The van der Waals surface area contributed by atoms with Crippen molar-refractivity contribution in [3.05, 3.63) is 16.7 Å². The first kappa shape index (κ1) is 9.28. The van der Waals surface area contributed by atoms with Gasteiger partial charge in [0.25, 0.3) is 5.88 Å². The summed E-state index contributed by atoms with van der Waals surface area (Å²) in [5.74, 6) is 0.0880. The Morgan fingerprint density at radius 1 is 1.58 bits per heavy atom. The first-order valence-electron chi connectivity index (χ1n) is 3.32. The van der Waals surface area contributed by atoms with Crippen LogP contribution in [0.1, 0.15) is 0 Å². The summed E-state index contributed by atoms with van der Waals surface area (Å²) in [6, 6.07) is 1.47. The molecule has 0 bridgehead atoms. The van der Waals surface area contributed by atoms with E-state index in [1.165, 1.54) is 12.3 Å². The van der Waals surface area contributed by atoms with E-state index in [1.54, 1.807) is 0 Å². The predicted octanol–water partition coefficient (Wildman–Crippen LogP) is 0.921. The molecule has 0 aliphatic carbocycles. The fraction of sp³-hybridized carbons (Fsp3) is 0.286. The molecular weight excluding hydrogens is 226 g/mol. The molecule has 12 heavy (non-hydrogen) atoms. The number of hydrogen-bond acceptors (Lipinski definition) is 4. The molecule has 0 atom stereocenters. The monoisotopic (exact) mass is 233 g/mol. The molecule has 0 aliphatic rings. The van der Waals surface area contributed by atoms with Gasteiger partial charge in [0.1, 0.15) is 6.61 Å². The Balaban J connectivity index is 2.72. The summed E-state index contributed by atoms with van der Waals surface area (Å²) in [5.41, 5.74) is 0. The molecule has 0 unspecified atom stereocenters. The average Bonchev–Trinajstić information content (AvgIpc) is 2.03. The van der Waals surface area contributed by atoms with E-state index in [-0.39, 0.29) is 24.8 Å². The molecule has 4 nitrogen and oxygen atoms in total. The van der Waals surface area contributed by atoms with Gasteiger partial charge in [0, 0.05) is 16.7 Å². The molecule has 1 heterocycles. The summed E-state index contributed by atoms with van der Waals surface area (Å²) in [6.45, 7) is 0.0272. The number of aliphatic hydroxyl groups is 1. The van der Waals surface area contributed by atoms with Crippen molar-refractivity contribution in [1.29, 1.82) is 0 Å². The molecule has 0 saturated carbocycles. The molecule has 1 rings (SSSR count). The molecular formula is C7H8BrNO3. The predicted molar refractivity (Wildman–Crippen MR) is 46.2 cm³/mol. The van der Waals surface area contributed by atoms with Crippen LogP contribution in [-0.2, 0) is 0 Å². The van der Waals surface area contributed by atoms with Gasteiger partial charge in [-0.05, 0) is 15.9 Å². The maximum absolute atomic E-state index is 9.22. The van der Waals surface area contributed by atoms with Crippen LogP contribution in [-0.4, -0.2) is 28.4 Å². The van der Waals surface area contributed by atoms with Crippen LogP contribution in [0.5, 0.6) is 11.6 Å². The lowest BCUT2D eigenvalue weighted by atomic mass is 10.4. The zero-order valence-corrected chi connectivity index (χ0v) is 7.78. The third-order valence-corrected chi connectivity index (χ3v) is 1.56. The fourth-order valence-electron chi connectivity index (χ4n) is 0.670. The molecule has 0 aliphatic heterocycles. The van der Waals surface area contributed by atoms with E-state index in [0.717, 1.165) is 0 Å². The lowest BCUT2D eigenvalue weighted by Crippen LogP contribution is -2.02. The Bertz CT molecular complexity index is 267. The Morgan fingerprint density at radius 2 is 2.33 bits per heavy atom. The van der Waals surface area contributed by atoms with Crippen molar-refractivity contribution in [2.75, 3.05) is 13.2 Å². The number of rotatable bonds is 3. The second-order valence-corrected chi connectivity index (χ2v) is 2.97. The van der Waals surface area contributed by atoms with Gasteiger partial charge in [0.05, 0.1) is 6.61 Å². The lowest BCUT2D eigenvalue weighted by molar-refractivity contribution is 0.192. The van der Waals surface area contributed by atoms with Crippen LogP contribution in [0, 0.1) is 0 Å². The van der Waals surface area contributed by atoms with Gasteiger partial charge in [-0.15, -0.1) is 0 Å². The smallest absolute Gasteiger partial charge is 0.256 e. The van der Waals surface area contributed by atoms with Crippen molar-refractivity contribution in [3.63, 3.8) is 0 Å². The Hall–Kier alpha value is -0.810. The van der Waals surface area contributed by atoms with Crippen molar-refractivity contribution in [2.45, 2.75) is 0 Å². The van der Waals surface area contributed by atoms with Gasteiger partial charge in [-0.25, -0.2) is 4.98 Å². The number of aromatic nitrogens is 1. The summed E-state index contributed by atoms with van der Waals surface area (Å²) >= 11 is 3.14. The number of aliphatic hydroxyl groups excluding tert-OH is 1. The number of hydrogen-bond donors (Lipinski definition) is 2. The first-order chi connectivity index (χ1) is 5.74. The third-order valence-electron chi connectivity index (χ3n) is 1.13. The molecule has 0 amide bonds. The number of ether oxygens (including phenoxy) is 1. The van der Waals surface area contributed by atoms with E-state index in [9.17, 15) is 5.11 Å². The highest BCUT2D eigenvalue weighted by atomic mass is 79.9. The maximum atomic E-state index is 9.22. The second-order valence-electron chi connectivity index (χ2n) is 2.05. The minimum Gasteiger partial charge on any atom is -0.503 e. The van der Waals surface area contributed by atoms with E-state index >= 15 is 0 Å². The van der Waals surface area contributed by atoms with Crippen molar-refractivity contribution in [2.24, 2.45) is 0 Å². The van der Waals surface area contributed by atoms with E-state index in [0.29, 0.717) is 4.47 Å². The number of nitrogens with zero attached hydrogens (tertiary/aromatic N) is 1. The standard InChI is InChI=1S/C7H8BrNO3/c8-5-3-6(11)7(9-4-5)12-2-1-10/h3-4,10-11H,1-2H2. The summed E-state index contributed by atoms with van der Waals surface area (Å²) in [4.78, 5) is 3.79. The van der Waals surface area contributed by atoms with Crippen molar-refractivity contribution in [1.82, 2.24) is 4.98 Å². The molecule has 5 heteroatoms. The molecule has 66 valence electrons. The minimum absolute atomic E-state index is 0.0437. The van der Waals surface area contributed by atoms with Gasteiger partial charge >= 0.3 is 0 Å². The Morgan fingerprint density at radius 3 is 2.92 bits per heavy atom. The molecule has 1 aromatic rings. The second kappa shape index (κ2) is 4.27. The van der Waals surface area contributed by atoms with Crippen LogP contribution < -0.4 is 4.74 Å². The summed E-state index contributed by atoms with van der Waals surface area (Å²) < 4.78 is 5.59. The Kier molecular flexibility index (Phi) is 3.31. The average molecular weight is 234 g/mol. The van der Waals surface area contributed by atoms with Gasteiger partial charge in [0.15, 0.2) is 5.75 Å². The molecule has 0 aromatic carbocycles. The van der Waals surface area contributed by atoms with E-state index < -0.39 is 0 Å². The van der Waals surface area contributed by atoms with Gasteiger partial charge in [-0.2, -0.15) is 0 Å². The van der Waals surface area contributed by atoms with Gasteiger partial charge in [0.2, 0.25) is 0 Å². The van der Waals surface area contributed by atoms with Crippen LogP contribution in [0.25, 0.3) is 0 Å². The van der Waals surface area contributed by atoms with Crippen LogP contribution in [0.4, 0.5) is 0 Å². The highest BCUT2D eigenvalue weighted by Gasteiger charge is 2.03. The van der Waals surface area contributed by atoms with Gasteiger partial charge in [-0.1, -0.05) is 0 Å². The Labute approximate surface area is 78.0 Å². The molecule has 0 fully saturated rings. The van der Waals surface area contributed by atoms with Gasteiger partial charge in [-0.3, -0.25) is 0 Å². The largest absolute Gasteiger partial charge is 0.503 e. The van der Waals surface area contributed by atoms with Crippen LogP contribution in [0.2, 0.25) is 0 Å². The first-order valence-corrected chi connectivity index (χ1v) is 4.11. The van der Waals surface area contributed by atoms with Crippen molar-refractivity contribution in [3.8, 4) is 11.6 Å². The summed E-state index contributed by atoms with van der Waals surface area (Å²) in [7, 11) is 0. The topological polar surface area (TPSA) is 62.6 Å². The number of pyridine rings is 1. The van der Waals surface area contributed by atoms with Crippen molar-refractivity contribution >= 4 is 15.9 Å². The quantitative estimate of drug-likeness (QED) is 0.816. The summed E-state index contributed by atoms with van der Waals surface area (Å²) in [5, 5.41) is 17.6. The molecule has 0 saturated heterocycles. The molecule has 0 spiro atoms. The summed E-state index contributed by atoms with van der Waals surface area (Å²) in [6.07, 6.45) is 1.51. The van der Waals surface area contributed by atoms with E-state index in [4.69, 9.17) is 9.84 Å². The third kappa shape index (κ3) is 2.35. The SMILES string of the molecule is OCCOc1ncc(Br)cc1O. The maximum Gasteiger partial charge on any atom is 0.256 e. The zero-order valence-electron chi connectivity index (χ0n) is 6.20. The number of aromatic hydroxyl groups is 1. The molecule has 2 N–H and O–H groups in total. The van der Waals surface area contributed by atoms with Crippen LogP contribution in [0.3, 0.4) is 0 Å². The highest BCUT2D eigenvalue weighted by molar-refractivity contribution is 9.10.